The Kier molecular flexibility index (Phi) is 7.04. The Hall–Kier alpha value is -2.60. The van der Waals surface area contributed by atoms with Gasteiger partial charge in [0.1, 0.15) is 11.6 Å². The molecule has 0 fully saturated rings. The van der Waals surface area contributed by atoms with Crippen molar-refractivity contribution in [2.75, 3.05) is 37.5 Å². The molecule has 0 unspecified atom stereocenters. The molecule has 128 valence electrons. The second-order valence-electron chi connectivity index (χ2n) is 5.11. The molecule has 1 heterocycles. The highest BCUT2D eigenvalue weighted by Crippen LogP contribution is 2.17. The Labute approximate surface area is 142 Å². The lowest BCUT2D eigenvalue weighted by atomic mass is 10.2. The monoisotopic (exact) mass is 329 g/mol. The zero-order chi connectivity index (χ0) is 17.2. The Morgan fingerprint density at radius 1 is 1.21 bits per heavy atom. The van der Waals surface area contributed by atoms with E-state index in [0.29, 0.717) is 24.6 Å². The van der Waals surface area contributed by atoms with Crippen LogP contribution in [0.4, 0.5) is 11.5 Å². The maximum Gasteiger partial charge on any atom is 0.255 e. The summed E-state index contributed by atoms with van der Waals surface area (Å²) in [5, 5.41) is 6.03. The molecule has 2 N–H and O–H groups in total. The van der Waals surface area contributed by atoms with Gasteiger partial charge in [-0.2, -0.15) is 0 Å². The molecule has 0 radical (unpaired) electrons. The minimum absolute atomic E-state index is 0.179. The molecule has 0 bridgehead atoms. The standard InChI is InChI=1S/C18H23N3O3/c1-3-24-16-7-5-15(6-8-16)21-18(22)14-9-11-20-17(13-14)19-10-4-12-23-2/h5-9,11,13H,3-4,10,12H2,1-2H3,(H,19,20)(H,21,22). The van der Waals surface area contributed by atoms with Gasteiger partial charge < -0.3 is 20.1 Å². The highest BCUT2D eigenvalue weighted by Gasteiger charge is 2.07. The number of ether oxygens (including phenoxy) is 2. The van der Waals surface area contributed by atoms with E-state index >= 15 is 0 Å². The molecular formula is C18H23N3O3. The van der Waals surface area contributed by atoms with E-state index in [1.165, 1.54) is 0 Å². The molecule has 6 heteroatoms. The number of hydrogen-bond acceptors (Lipinski definition) is 5. The fraction of sp³-hybridized carbons (Fsp3) is 0.333. The smallest absolute Gasteiger partial charge is 0.255 e. The van der Waals surface area contributed by atoms with E-state index in [2.05, 4.69) is 15.6 Å². The van der Waals surface area contributed by atoms with Gasteiger partial charge in [-0.15, -0.1) is 0 Å². The predicted molar refractivity (Wildman–Crippen MR) is 94.8 cm³/mol. The number of nitrogens with one attached hydrogen (secondary N) is 2. The Morgan fingerprint density at radius 3 is 2.71 bits per heavy atom. The molecule has 1 amide bonds. The lowest BCUT2D eigenvalue weighted by molar-refractivity contribution is 0.102. The van der Waals surface area contributed by atoms with Crippen molar-refractivity contribution in [1.29, 1.82) is 0 Å². The summed E-state index contributed by atoms with van der Waals surface area (Å²) in [7, 11) is 1.67. The minimum Gasteiger partial charge on any atom is -0.494 e. The molecule has 0 aliphatic rings. The van der Waals surface area contributed by atoms with Crippen LogP contribution < -0.4 is 15.4 Å². The Balaban J connectivity index is 1.94. The third kappa shape index (κ3) is 5.55. The summed E-state index contributed by atoms with van der Waals surface area (Å²) in [6.07, 6.45) is 2.49. The molecule has 0 saturated carbocycles. The zero-order valence-corrected chi connectivity index (χ0v) is 14.0. The lowest BCUT2D eigenvalue weighted by Gasteiger charge is -2.09. The Morgan fingerprint density at radius 2 is 2.00 bits per heavy atom. The summed E-state index contributed by atoms with van der Waals surface area (Å²) < 4.78 is 10.4. The quantitative estimate of drug-likeness (QED) is 0.691. The maximum absolute atomic E-state index is 12.3. The van der Waals surface area contributed by atoms with E-state index in [9.17, 15) is 4.79 Å². The number of nitrogens with zero attached hydrogens (tertiary/aromatic N) is 1. The Bertz CT molecular complexity index is 644. The molecule has 1 aromatic carbocycles. The molecule has 0 saturated heterocycles. The molecule has 0 atom stereocenters. The number of pyridine rings is 1. The van der Waals surface area contributed by atoms with Gasteiger partial charge in [0, 0.05) is 37.7 Å². The summed E-state index contributed by atoms with van der Waals surface area (Å²) in [6, 6.07) is 10.7. The summed E-state index contributed by atoms with van der Waals surface area (Å²) >= 11 is 0. The van der Waals surface area contributed by atoms with Crippen LogP contribution in [0.15, 0.2) is 42.6 Å². The van der Waals surface area contributed by atoms with Crippen LogP contribution in [0.25, 0.3) is 0 Å². The molecule has 6 nitrogen and oxygen atoms in total. The van der Waals surface area contributed by atoms with Crippen LogP contribution in [0.5, 0.6) is 5.75 Å². The summed E-state index contributed by atoms with van der Waals surface area (Å²) in [5.41, 5.74) is 1.27. The van der Waals surface area contributed by atoms with E-state index in [1.54, 1.807) is 25.4 Å². The van der Waals surface area contributed by atoms with Crippen molar-refractivity contribution in [3.05, 3.63) is 48.2 Å². The molecule has 0 aliphatic heterocycles. The largest absolute Gasteiger partial charge is 0.494 e. The van der Waals surface area contributed by atoms with Gasteiger partial charge in [0.25, 0.3) is 5.91 Å². The van der Waals surface area contributed by atoms with Crippen LogP contribution in [0, 0.1) is 0 Å². The van der Waals surface area contributed by atoms with E-state index in [-0.39, 0.29) is 5.91 Å². The van der Waals surface area contributed by atoms with E-state index < -0.39 is 0 Å². The molecule has 1 aromatic heterocycles. The van der Waals surface area contributed by atoms with Crippen molar-refractivity contribution >= 4 is 17.4 Å². The minimum atomic E-state index is -0.179. The van der Waals surface area contributed by atoms with Gasteiger partial charge in [-0.25, -0.2) is 4.98 Å². The summed E-state index contributed by atoms with van der Waals surface area (Å²) in [5.74, 6) is 1.27. The average Bonchev–Trinajstić information content (AvgIpc) is 2.61. The highest BCUT2D eigenvalue weighted by atomic mass is 16.5. The van der Waals surface area contributed by atoms with Crippen LogP contribution in [0.1, 0.15) is 23.7 Å². The van der Waals surface area contributed by atoms with Gasteiger partial charge in [-0.1, -0.05) is 0 Å². The van der Waals surface area contributed by atoms with Gasteiger partial charge in [0.15, 0.2) is 0 Å². The van der Waals surface area contributed by atoms with Gasteiger partial charge in [0.05, 0.1) is 6.61 Å². The predicted octanol–water partition coefficient (Wildman–Crippen LogP) is 3.18. The van der Waals surface area contributed by atoms with Crippen molar-refractivity contribution in [2.45, 2.75) is 13.3 Å². The number of hydrogen-bond donors (Lipinski definition) is 2. The molecule has 24 heavy (non-hydrogen) atoms. The van der Waals surface area contributed by atoms with Crippen molar-refractivity contribution in [2.24, 2.45) is 0 Å². The molecule has 2 rings (SSSR count). The SMILES string of the molecule is CCOc1ccc(NC(=O)c2ccnc(NCCCOC)c2)cc1. The van der Waals surface area contributed by atoms with E-state index in [4.69, 9.17) is 9.47 Å². The first kappa shape index (κ1) is 17.7. The van der Waals surface area contributed by atoms with Crippen molar-refractivity contribution in [3.8, 4) is 5.75 Å². The van der Waals surface area contributed by atoms with Gasteiger partial charge in [-0.05, 0) is 49.7 Å². The van der Waals surface area contributed by atoms with Crippen LogP contribution in [-0.4, -0.2) is 37.8 Å². The molecule has 2 aromatic rings. The third-order valence-corrected chi connectivity index (χ3v) is 3.28. The number of amides is 1. The van der Waals surface area contributed by atoms with Crippen molar-refractivity contribution in [1.82, 2.24) is 4.98 Å². The van der Waals surface area contributed by atoms with E-state index in [0.717, 1.165) is 24.4 Å². The number of carbonyl (C=O) groups excluding carboxylic acids is 1. The average molecular weight is 329 g/mol. The fourth-order valence-corrected chi connectivity index (χ4v) is 2.11. The molecule has 0 aliphatic carbocycles. The zero-order valence-electron chi connectivity index (χ0n) is 14.0. The van der Waals surface area contributed by atoms with Crippen LogP contribution >= 0.6 is 0 Å². The van der Waals surface area contributed by atoms with Crippen molar-refractivity contribution in [3.63, 3.8) is 0 Å². The first-order valence-electron chi connectivity index (χ1n) is 7.96. The van der Waals surface area contributed by atoms with Crippen molar-refractivity contribution < 1.29 is 14.3 Å². The van der Waals surface area contributed by atoms with E-state index in [1.807, 2.05) is 31.2 Å². The second-order valence-corrected chi connectivity index (χ2v) is 5.11. The van der Waals surface area contributed by atoms with Gasteiger partial charge in [0.2, 0.25) is 0 Å². The van der Waals surface area contributed by atoms with Crippen LogP contribution in [0.3, 0.4) is 0 Å². The highest BCUT2D eigenvalue weighted by molar-refractivity contribution is 6.04. The number of rotatable bonds is 9. The molecular weight excluding hydrogens is 306 g/mol. The second kappa shape index (κ2) is 9.52. The van der Waals surface area contributed by atoms with Gasteiger partial charge in [-0.3, -0.25) is 4.79 Å². The lowest BCUT2D eigenvalue weighted by Crippen LogP contribution is -2.13. The first-order valence-corrected chi connectivity index (χ1v) is 7.96. The fourth-order valence-electron chi connectivity index (χ4n) is 2.11. The third-order valence-electron chi connectivity index (χ3n) is 3.28. The van der Waals surface area contributed by atoms with Gasteiger partial charge >= 0.3 is 0 Å². The number of carbonyl (C=O) groups is 1. The number of benzene rings is 1. The number of methoxy groups -OCH3 is 1. The van der Waals surface area contributed by atoms with Crippen LogP contribution in [-0.2, 0) is 4.74 Å². The number of aromatic nitrogens is 1. The number of anilines is 2. The summed E-state index contributed by atoms with van der Waals surface area (Å²) in [4.78, 5) is 16.5. The normalized spacial score (nSPS) is 10.2. The van der Waals surface area contributed by atoms with Crippen LogP contribution in [0.2, 0.25) is 0 Å². The molecule has 0 spiro atoms. The maximum atomic E-state index is 12.3. The first-order chi connectivity index (χ1) is 11.7. The topological polar surface area (TPSA) is 72.5 Å². The summed E-state index contributed by atoms with van der Waals surface area (Å²) in [6.45, 7) is 3.97.